The highest BCUT2D eigenvalue weighted by atomic mass is 16.2. The Morgan fingerprint density at radius 3 is 2.55 bits per heavy atom. The van der Waals surface area contributed by atoms with Gasteiger partial charge in [0.1, 0.15) is 6.04 Å². The van der Waals surface area contributed by atoms with E-state index in [-0.39, 0.29) is 18.2 Å². The Labute approximate surface area is 128 Å². The van der Waals surface area contributed by atoms with Gasteiger partial charge in [0.2, 0.25) is 5.91 Å². The average molecular weight is 295 g/mol. The van der Waals surface area contributed by atoms with Crippen LogP contribution in [0.4, 0.5) is 0 Å². The van der Waals surface area contributed by atoms with Crippen molar-refractivity contribution in [3.63, 3.8) is 0 Å². The summed E-state index contributed by atoms with van der Waals surface area (Å²) in [6.45, 7) is 1.68. The maximum absolute atomic E-state index is 12.3. The van der Waals surface area contributed by atoms with Gasteiger partial charge in [-0.15, -0.1) is 0 Å². The third-order valence-corrected chi connectivity index (χ3v) is 3.47. The number of hydrogen-bond donors (Lipinski definition) is 2. The molecule has 0 aliphatic rings. The summed E-state index contributed by atoms with van der Waals surface area (Å²) in [7, 11) is 0. The van der Waals surface area contributed by atoms with E-state index in [2.05, 4.69) is 5.32 Å². The highest BCUT2D eigenvalue weighted by Crippen LogP contribution is 2.16. The number of amides is 2. The van der Waals surface area contributed by atoms with Crippen LogP contribution in [0.3, 0.4) is 0 Å². The predicted molar refractivity (Wildman–Crippen MR) is 83.8 cm³/mol. The molecule has 0 unspecified atom stereocenters. The van der Waals surface area contributed by atoms with Crippen molar-refractivity contribution in [1.29, 1.82) is 5.26 Å². The zero-order chi connectivity index (χ0) is 16.1. The third kappa shape index (κ3) is 3.61. The van der Waals surface area contributed by atoms with E-state index in [4.69, 9.17) is 11.0 Å². The van der Waals surface area contributed by atoms with Crippen molar-refractivity contribution in [2.24, 2.45) is 11.7 Å². The van der Waals surface area contributed by atoms with Crippen LogP contribution in [0.1, 0.15) is 23.7 Å². The summed E-state index contributed by atoms with van der Waals surface area (Å²) >= 11 is 0. The third-order valence-electron chi connectivity index (χ3n) is 3.47. The molecule has 2 atom stereocenters. The van der Waals surface area contributed by atoms with Crippen molar-refractivity contribution in [3.05, 3.63) is 48.0 Å². The Morgan fingerprint density at radius 2 is 1.91 bits per heavy atom. The predicted octanol–water partition coefficient (Wildman–Crippen LogP) is 1.97. The van der Waals surface area contributed by atoms with E-state index in [0.29, 0.717) is 5.56 Å². The summed E-state index contributed by atoms with van der Waals surface area (Å²) in [5.41, 5.74) is 5.75. The first-order valence-corrected chi connectivity index (χ1v) is 7.00. The number of nitrogens with zero attached hydrogens (tertiary/aromatic N) is 1. The molecule has 5 nitrogen and oxygen atoms in total. The first-order chi connectivity index (χ1) is 10.5. The van der Waals surface area contributed by atoms with Gasteiger partial charge in [0.15, 0.2) is 0 Å². The SMILES string of the molecule is C[C@@H](C#N)C[C@@H](NC(=O)c1ccc2ccccc2c1)C(N)=O. The molecule has 5 heteroatoms. The lowest BCUT2D eigenvalue weighted by molar-refractivity contribution is -0.120. The van der Waals surface area contributed by atoms with Gasteiger partial charge in [0.05, 0.1) is 6.07 Å². The quantitative estimate of drug-likeness (QED) is 0.882. The molecule has 0 bridgehead atoms. The largest absolute Gasteiger partial charge is 0.368 e. The van der Waals surface area contributed by atoms with Crippen molar-refractivity contribution in [2.45, 2.75) is 19.4 Å². The number of hydrogen-bond acceptors (Lipinski definition) is 3. The van der Waals surface area contributed by atoms with E-state index in [0.717, 1.165) is 10.8 Å². The number of nitrogens with two attached hydrogens (primary N) is 1. The van der Waals surface area contributed by atoms with E-state index in [9.17, 15) is 9.59 Å². The molecular formula is C17H17N3O2. The van der Waals surface area contributed by atoms with Gasteiger partial charge in [-0.1, -0.05) is 30.3 Å². The zero-order valence-corrected chi connectivity index (χ0v) is 12.2. The first kappa shape index (κ1) is 15.5. The average Bonchev–Trinajstić information content (AvgIpc) is 2.53. The molecule has 22 heavy (non-hydrogen) atoms. The molecule has 2 aromatic rings. The Hall–Kier alpha value is -2.87. The van der Waals surface area contributed by atoms with Crippen molar-refractivity contribution < 1.29 is 9.59 Å². The van der Waals surface area contributed by atoms with Gasteiger partial charge in [-0.2, -0.15) is 5.26 Å². The van der Waals surface area contributed by atoms with Crippen molar-refractivity contribution in [2.75, 3.05) is 0 Å². The lowest BCUT2D eigenvalue weighted by atomic mass is 10.0. The minimum Gasteiger partial charge on any atom is -0.368 e. The number of fused-ring (bicyclic) bond motifs is 1. The van der Waals surface area contributed by atoms with Crippen LogP contribution in [0.15, 0.2) is 42.5 Å². The molecule has 2 rings (SSSR count). The van der Waals surface area contributed by atoms with E-state index < -0.39 is 11.9 Å². The summed E-state index contributed by atoms with van der Waals surface area (Å²) in [4.78, 5) is 23.7. The number of nitriles is 1. The fourth-order valence-electron chi connectivity index (χ4n) is 2.22. The minimum atomic E-state index is -0.853. The molecule has 0 aromatic heterocycles. The van der Waals surface area contributed by atoms with Gasteiger partial charge in [-0.05, 0) is 36.2 Å². The zero-order valence-electron chi connectivity index (χ0n) is 12.2. The highest BCUT2D eigenvalue weighted by molar-refractivity contribution is 6.00. The topological polar surface area (TPSA) is 96.0 Å². The fourth-order valence-corrected chi connectivity index (χ4v) is 2.22. The van der Waals surface area contributed by atoms with Crippen LogP contribution in [-0.4, -0.2) is 17.9 Å². The highest BCUT2D eigenvalue weighted by Gasteiger charge is 2.21. The van der Waals surface area contributed by atoms with Crippen molar-refractivity contribution in [3.8, 4) is 6.07 Å². The van der Waals surface area contributed by atoms with Crippen LogP contribution < -0.4 is 11.1 Å². The molecule has 0 aliphatic carbocycles. The Morgan fingerprint density at radius 1 is 1.23 bits per heavy atom. The van der Waals surface area contributed by atoms with E-state index in [1.807, 2.05) is 36.4 Å². The standard InChI is InChI=1S/C17H17N3O2/c1-11(10-18)8-15(16(19)21)20-17(22)14-7-6-12-4-2-3-5-13(12)9-14/h2-7,9,11,15H,8H2,1H3,(H2,19,21)(H,20,22)/t11-,15-/m1/s1. The lowest BCUT2D eigenvalue weighted by Crippen LogP contribution is -2.45. The minimum absolute atomic E-state index is 0.200. The van der Waals surface area contributed by atoms with Crippen LogP contribution in [0.2, 0.25) is 0 Å². The van der Waals surface area contributed by atoms with Gasteiger partial charge in [-0.25, -0.2) is 0 Å². The Bertz CT molecular complexity index is 749. The van der Waals surface area contributed by atoms with E-state index in [1.54, 1.807) is 19.1 Å². The second kappa shape index (κ2) is 6.72. The number of carbonyl (C=O) groups excluding carboxylic acids is 2. The molecule has 2 aromatic carbocycles. The number of primary amides is 1. The molecule has 2 amide bonds. The smallest absolute Gasteiger partial charge is 0.251 e. The second-order valence-corrected chi connectivity index (χ2v) is 5.26. The van der Waals surface area contributed by atoms with Crippen LogP contribution in [0.5, 0.6) is 0 Å². The molecule has 112 valence electrons. The molecule has 0 aliphatic heterocycles. The Balaban J connectivity index is 2.18. The molecule has 0 saturated carbocycles. The lowest BCUT2D eigenvalue weighted by Gasteiger charge is -2.16. The van der Waals surface area contributed by atoms with Crippen LogP contribution in [0.25, 0.3) is 10.8 Å². The maximum atomic E-state index is 12.3. The monoisotopic (exact) mass is 295 g/mol. The van der Waals surface area contributed by atoms with Crippen molar-refractivity contribution >= 4 is 22.6 Å². The molecule has 3 N–H and O–H groups in total. The normalized spacial score (nSPS) is 13.1. The first-order valence-electron chi connectivity index (χ1n) is 7.00. The summed E-state index contributed by atoms with van der Waals surface area (Å²) < 4.78 is 0. The number of benzene rings is 2. The summed E-state index contributed by atoms with van der Waals surface area (Å²) in [5, 5.41) is 13.4. The van der Waals surface area contributed by atoms with Crippen LogP contribution in [-0.2, 0) is 4.79 Å². The molecule has 0 fully saturated rings. The van der Waals surface area contributed by atoms with Crippen LogP contribution in [0, 0.1) is 17.2 Å². The summed E-state index contributed by atoms with van der Waals surface area (Å²) in [6.07, 6.45) is 0.200. The number of rotatable bonds is 5. The van der Waals surface area contributed by atoms with E-state index in [1.165, 1.54) is 0 Å². The Kier molecular flexibility index (Phi) is 4.74. The van der Waals surface area contributed by atoms with Gasteiger partial charge < -0.3 is 11.1 Å². The summed E-state index contributed by atoms with van der Waals surface area (Å²) in [6, 6.07) is 14.2. The fraction of sp³-hybridized carbons (Fsp3) is 0.235. The molecule has 0 heterocycles. The van der Waals surface area contributed by atoms with Gasteiger partial charge in [0, 0.05) is 11.5 Å². The number of nitrogens with one attached hydrogen (secondary N) is 1. The summed E-state index contributed by atoms with van der Waals surface area (Å²) in [5.74, 6) is -1.38. The molecule has 0 spiro atoms. The molecule has 0 radical (unpaired) electrons. The van der Waals surface area contributed by atoms with E-state index >= 15 is 0 Å². The molecule has 0 saturated heterocycles. The maximum Gasteiger partial charge on any atom is 0.251 e. The van der Waals surface area contributed by atoms with Gasteiger partial charge in [-0.3, -0.25) is 9.59 Å². The van der Waals surface area contributed by atoms with Crippen LogP contribution >= 0.6 is 0 Å². The molecular weight excluding hydrogens is 278 g/mol. The van der Waals surface area contributed by atoms with Gasteiger partial charge in [0.25, 0.3) is 5.91 Å². The second-order valence-electron chi connectivity index (χ2n) is 5.26. The van der Waals surface area contributed by atoms with Gasteiger partial charge >= 0.3 is 0 Å². The number of carbonyl (C=O) groups is 2. The van der Waals surface area contributed by atoms with Crippen molar-refractivity contribution in [1.82, 2.24) is 5.32 Å².